The topological polar surface area (TPSA) is 59.6 Å². The van der Waals surface area contributed by atoms with E-state index in [1.165, 1.54) is 0 Å². The van der Waals surface area contributed by atoms with Crippen molar-refractivity contribution >= 4 is 23.5 Å². The van der Waals surface area contributed by atoms with Crippen LogP contribution in [0.15, 0.2) is 24.3 Å². The lowest BCUT2D eigenvalue weighted by atomic mass is 10.0. The molecule has 1 aliphatic rings. The molecule has 1 aliphatic heterocycles. The van der Waals surface area contributed by atoms with Gasteiger partial charge in [0.2, 0.25) is 0 Å². The van der Waals surface area contributed by atoms with Crippen molar-refractivity contribution in [2.24, 2.45) is 0 Å². The maximum absolute atomic E-state index is 12.0. The van der Waals surface area contributed by atoms with Crippen LogP contribution in [0.5, 0.6) is 5.75 Å². The molecule has 116 valence electrons. The number of amides is 2. The lowest BCUT2D eigenvalue weighted by Crippen LogP contribution is -2.45. The van der Waals surface area contributed by atoms with Gasteiger partial charge in [0, 0.05) is 19.4 Å². The van der Waals surface area contributed by atoms with Gasteiger partial charge in [-0.05, 0) is 31.2 Å². The lowest BCUT2D eigenvalue weighted by molar-refractivity contribution is 0.0161. The van der Waals surface area contributed by atoms with Gasteiger partial charge in [-0.25, -0.2) is 4.79 Å². The fourth-order valence-corrected chi connectivity index (χ4v) is 3.62. The number of anilines is 1. The molecular formula is C15H22N2O3S. The van der Waals surface area contributed by atoms with Crippen molar-refractivity contribution in [2.45, 2.75) is 18.9 Å². The molecule has 21 heavy (non-hydrogen) atoms. The summed E-state index contributed by atoms with van der Waals surface area (Å²) in [5.74, 6) is 2.66. The first-order chi connectivity index (χ1) is 10.2. The molecule has 6 heteroatoms. The highest BCUT2D eigenvalue weighted by Crippen LogP contribution is 2.30. The Bertz CT molecular complexity index is 476. The zero-order chi connectivity index (χ0) is 15.1. The van der Waals surface area contributed by atoms with E-state index >= 15 is 0 Å². The first-order valence-corrected chi connectivity index (χ1v) is 8.24. The van der Waals surface area contributed by atoms with Crippen molar-refractivity contribution in [3.8, 4) is 5.75 Å². The summed E-state index contributed by atoms with van der Waals surface area (Å²) in [5.41, 5.74) is 0.436. The first-order valence-electron chi connectivity index (χ1n) is 7.09. The third-order valence-electron chi connectivity index (χ3n) is 3.51. The van der Waals surface area contributed by atoms with E-state index < -0.39 is 0 Å². The summed E-state index contributed by atoms with van der Waals surface area (Å²) in [6.07, 6.45) is 0.962. The molecule has 2 amide bonds. The maximum Gasteiger partial charge on any atom is 0.319 e. The van der Waals surface area contributed by atoms with Gasteiger partial charge < -0.3 is 20.1 Å². The minimum absolute atomic E-state index is 0.235. The predicted octanol–water partition coefficient (Wildman–Crippen LogP) is 2.73. The second-order valence-corrected chi connectivity index (χ2v) is 6.03. The van der Waals surface area contributed by atoms with Crippen LogP contribution < -0.4 is 15.4 Å². The van der Waals surface area contributed by atoms with E-state index in [-0.39, 0.29) is 11.6 Å². The average Bonchev–Trinajstić information content (AvgIpc) is 2.97. The Labute approximate surface area is 129 Å². The number of thioether (sulfide) groups is 1. The normalized spacial score (nSPS) is 21.0. The predicted molar refractivity (Wildman–Crippen MR) is 86.3 cm³/mol. The van der Waals surface area contributed by atoms with Crippen molar-refractivity contribution in [3.05, 3.63) is 24.3 Å². The zero-order valence-corrected chi connectivity index (χ0v) is 13.3. The van der Waals surface area contributed by atoms with Crippen molar-refractivity contribution in [1.82, 2.24) is 5.32 Å². The average molecular weight is 310 g/mol. The van der Waals surface area contributed by atoms with Crippen LogP contribution in [-0.2, 0) is 4.74 Å². The van der Waals surface area contributed by atoms with Gasteiger partial charge in [-0.15, -0.1) is 0 Å². The number of carbonyl (C=O) groups is 1. The summed E-state index contributed by atoms with van der Waals surface area (Å²) in [6.45, 7) is 2.99. The number of urea groups is 1. The number of rotatable bonds is 6. The van der Waals surface area contributed by atoms with Crippen LogP contribution in [-0.4, -0.2) is 43.4 Å². The Morgan fingerprint density at radius 3 is 2.90 bits per heavy atom. The molecule has 2 rings (SSSR count). The third kappa shape index (κ3) is 4.28. The van der Waals surface area contributed by atoms with E-state index in [1.807, 2.05) is 43.0 Å². The van der Waals surface area contributed by atoms with Gasteiger partial charge in [0.25, 0.3) is 0 Å². The molecule has 0 bridgehead atoms. The van der Waals surface area contributed by atoms with Crippen molar-refractivity contribution in [1.29, 1.82) is 0 Å². The summed E-state index contributed by atoms with van der Waals surface area (Å²) in [5, 5.41) is 5.71. The Hall–Kier alpha value is -1.40. The molecule has 1 unspecified atom stereocenters. The van der Waals surface area contributed by atoms with E-state index in [4.69, 9.17) is 9.47 Å². The van der Waals surface area contributed by atoms with E-state index in [2.05, 4.69) is 10.6 Å². The number of para-hydroxylation sites is 2. The standard InChI is InChI=1S/C15H22N2O3S/c1-3-20-13-7-5-4-6-12(13)17-14(18)16-10-15(19-2)8-9-21-11-15/h4-7H,3,8-11H2,1-2H3,(H2,16,17,18). The third-order valence-corrected chi connectivity index (χ3v) is 4.73. The van der Waals surface area contributed by atoms with Gasteiger partial charge in [0.05, 0.1) is 17.9 Å². The van der Waals surface area contributed by atoms with Crippen molar-refractivity contribution < 1.29 is 14.3 Å². The van der Waals surface area contributed by atoms with Crippen LogP contribution in [0.25, 0.3) is 0 Å². The van der Waals surface area contributed by atoms with Gasteiger partial charge in [-0.2, -0.15) is 11.8 Å². The zero-order valence-electron chi connectivity index (χ0n) is 12.5. The highest BCUT2D eigenvalue weighted by atomic mass is 32.2. The summed E-state index contributed by atoms with van der Waals surface area (Å²) in [4.78, 5) is 12.0. The monoisotopic (exact) mass is 310 g/mol. The number of hydrogen-bond donors (Lipinski definition) is 2. The Morgan fingerprint density at radius 2 is 2.24 bits per heavy atom. The highest BCUT2D eigenvalue weighted by Gasteiger charge is 2.34. The van der Waals surface area contributed by atoms with E-state index in [1.54, 1.807) is 7.11 Å². The molecule has 0 aliphatic carbocycles. The number of carbonyl (C=O) groups excluding carboxylic acids is 1. The number of ether oxygens (including phenoxy) is 2. The van der Waals surface area contributed by atoms with Gasteiger partial charge >= 0.3 is 6.03 Å². The molecule has 0 saturated carbocycles. The molecule has 1 saturated heterocycles. The molecule has 5 nitrogen and oxygen atoms in total. The van der Waals surface area contributed by atoms with Gasteiger partial charge in [-0.1, -0.05) is 12.1 Å². The Balaban J connectivity index is 1.90. The summed E-state index contributed by atoms with van der Waals surface area (Å²) in [6, 6.07) is 7.16. The molecule has 0 spiro atoms. The number of hydrogen-bond acceptors (Lipinski definition) is 4. The van der Waals surface area contributed by atoms with Crippen LogP contribution in [0, 0.1) is 0 Å². The lowest BCUT2D eigenvalue weighted by Gasteiger charge is -2.26. The summed E-state index contributed by atoms with van der Waals surface area (Å²) in [7, 11) is 1.70. The molecule has 0 aromatic heterocycles. The molecule has 1 aromatic carbocycles. The highest BCUT2D eigenvalue weighted by molar-refractivity contribution is 7.99. The molecule has 1 atom stereocenters. The fraction of sp³-hybridized carbons (Fsp3) is 0.533. The number of nitrogens with one attached hydrogen (secondary N) is 2. The minimum Gasteiger partial charge on any atom is -0.492 e. The van der Waals surface area contributed by atoms with Gasteiger partial charge in [0.15, 0.2) is 0 Å². The van der Waals surface area contributed by atoms with Crippen LogP contribution in [0.3, 0.4) is 0 Å². The minimum atomic E-state index is -0.240. The van der Waals surface area contributed by atoms with Crippen LogP contribution in [0.4, 0.5) is 10.5 Å². The van der Waals surface area contributed by atoms with Crippen molar-refractivity contribution in [3.63, 3.8) is 0 Å². The maximum atomic E-state index is 12.0. The molecular weight excluding hydrogens is 288 g/mol. The molecule has 1 heterocycles. The first kappa shape index (κ1) is 16.0. The number of benzene rings is 1. The number of methoxy groups -OCH3 is 1. The second kappa shape index (κ2) is 7.56. The molecule has 1 aromatic rings. The van der Waals surface area contributed by atoms with Crippen LogP contribution >= 0.6 is 11.8 Å². The molecule has 0 radical (unpaired) electrons. The largest absolute Gasteiger partial charge is 0.492 e. The Morgan fingerprint density at radius 1 is 1.43 bits per heavy atom. The van der Waals surface area contributed by atoms with E-state index in [9.17, 15) is 4.79 Å². The van der Waals surface area contributed by atoms with E-state index in [0.29, 0.717) is 24.6 Å². The molecule has 2 N–H and O–H groups in total. The quantitative estimate of drug-likeness (QED) is 0.848. The van der Waals surface area contributed by atoms with Gasteiger partial charge in [-0.3, -0.25) is 0 Å². The SMILES string of the molecule is CCOc1ccccc1NC(=O)NCC1(OC)CCSC1. The summed E-state index contributed by atoms with van der Waals surface area (Å²) < 4.78 is 11.1. The molecule has 1 fully saturated rings. The van der Waals surface area contributed by atoms with E-state index in [0.717, 1.165) is 17.9 Å². The van der Waals surface area contributed by atoms with Crippen LogP contribution in [0.2, 0.25) is 0 Å². The second-order valence-electron chi connectivity index (χ2n) is 4.93. The smallest absolute Gasteiger partial charge is 0.319 e. The van der Waals surface area contributed by atoms with Crippen LogP contribution in [0.1, 0.15) is 13.3 Å². The summed E-state index contributed by atoms with van der Waals surface area (Å²) >= 11 is 1.85. The Kier molecular flexibility index (Phi) is 5.76. The van der Waals surface area contributed by atoms with Gasteiger partial charge in [0.1, 0.15) is 5.75 Å². The fourth-order valence-electron chi connectivity index (χ4n) is 2.22. The van der Waals surface area contributed by atoms with Crippen molar-refractivity contribution in [2.75, 3.05) is 37.1 Å².